The van der Waals surface area contributed by atoms with Gasteiger partial charge in [0, 0.05) is 48.9 Å². The molecule has 0 saturated carbocycles. The minimum absolute atomic E-state index is 0.664. The van der Waals surface area contributed by atoms with Crippen LogP contribution in [0, 0.1) is 0 Å². The quantitative estimate of drug-likeness (QED) is 0.471. The van der Waals surface area contributed by atoms with E-state index in [1.807, 2.05) is 60.5 Å². The number of pyridine rings is 1. The Morgan fingerprint density at radius 3 is 2.52 bits per heavy atom. The summed E-state index contributed by atoms with van der Waals surface area (Å²) in [5.41, 5.74) is 6.29. The van der Waals surface area contributed by atoms with Crippen LogP contribution in [0.5, 0.6) is 0 Å². The molecule has 7 heteroatoms. The Labute approximate surface area is 167 Å². The summed E-state index contributed by atoms with van der Waals surface area (Å²) in [7, 11) is 1.91. The molecule has 4 aromatic heterocycles. The van der Waals surface area contributed by atoms with Crippen molar-refractivity contribution in [3.8, 4) is 33.9 Å². The maximum Gasteiger partial charge on any atom is 0.164 e. The highest BCUT2D eigenvalue weighted by Crippen LogP contribution is 2.29. The minimum atomic E-state index is 0.664. The molecular formula is C22H19N7. The summed E-state index contributed by atoms with van der Waals surface area (Å²) in [4.78, 5) is 18.4. The van der Waals surface area contributed by atoms with Crippen molar-refractivity contribution >= 4 is 11.2 Å². The average molecular weight is 381 g/mol. The molecule has 0 bridgehead atoms. The van der Waals surface area contributed by atoms with E-state index < -0.39 is 0 Å². The molecule has 0 N–H and O–H groups in total. The van der Waals surface area contributed by atoms with Gasteiger partial charge in [-0.05, 0) is 31.2 Å². The molecule has 0 unspecified atom stereocenters. The Morgan fingerprint density at radius 1 is 0.931 bits per heavy atom. The van der Waals surface area contributed by atoms with Crippen LogP contribution >= 0.6 is 0 Å². The maximum atomic E-state index is 4.89. The molecule has 0 aliphatic rings. The highest BCUT2D eigenvalue weighted by Gasteiger charge is 2.16. The van der Waals surface area contributed by atoms with E-state index in [2.05, 4.69) is 28.1 Å². The van der Waals surface area contributed by atoms with Crippen LogP contribution in [0.3, 0.4) is 0 Å². The Hall–Kier alpha value is -3.87. The van der Waals surface area contributed by atoms with E-state index in [0.717, 1.165) is 45.8 Å². The molecule has 5 rings (SSSR count). The first-order valence-electron chi connectivity index (χ1n) is 9.46. The lowest BCUT2D eigenvalue weighted by molar-refractivity contribution is 0.771. The van der Waals surface area contributed by atoms with Gasteiger partial charge >= 0.3 is 0 Å². The molecule has 0 spiro atoms. The van der Waals surface area contributed by atoms with Crippen LogP contribution in [0.2, 0.25) is 0 Å². The van der Waals surface area contributed by atoms with Gasteiger partial charge in [-0.1, -0.05) is 18.2 Å². The SMILES string of the molecule is CCn1cnc2c(-c3ccncc3)nc(-c3cccc(-c4ccn(C)n4)c3)nc21. The topological polar surface area (TPSA) is 74.3 Å². The van der Waals surface area contributed by atoms with E-state index in [1.54, 1.807) is 17.1 Å². The van der Waals surface area contributed by atoms with Gasteiger partial charge in [0.2, 0.25) is 0 Å². The van der Waals surface area contributed by atoms with E-state index >= 15 is 0 Å². The van der Waals surface area contributed by atoms with Gasteiger partial charge in [-0.25, -0.2) is 15.0 Å². The number of hydrogen-bond donors (Lipinski definition) is 0. The van der Waals surface area contributed by atoms with Gasteiger partial charge in [0.25, 0.3) is 0 Å². The fourth-order valence-electron chi connectivity index (χ4n) is 3.40. The molecule has 0 saturated heterocycles. The van der Waals surface area contributed by atoms with Crippen LogP contribution in [-0.4, -0.2) is 34.3 Å². The lowest BCUT2D eigenvalue weighted by atomic mass is 10.1. The van der Waals surface area contributed by atoms with Gasteiger partial charge in [-0.3, -0.25) is 9.67 Å². The van der Waals surface area contributed by atoms with Crippen molar-refractivity contribution in [2.75, 3.05) is 0 Å². The van der Waals surface area contributed by atoms with Crippen molar-refractivity contribution in [3.05, 3.63) is 67.4 Å². The Kier molecular flexibility index (Phi) is 4.13. The largest absolute Gasteiger partial charge is 0.315 e. The summed E-state index contributed by atoms with van der Waals surface area (Å²) in [6, 6.07) is 14.0. The molecule has 0 aliphatic heterocycles. The number of hydrogen-bond acceptors (Lipinski definition) is 5. The van der Waals surface area contributed by atoms with Gasteiger partial charge in [-0.15, -0.1) is 0 Å². The fourth-order valence-corrected chi connectivity index (χ4v) is 3.40. The number of aromatic nitrogens is 7. The van der Waals surface area contributed by atoms with Crippen LogP contribution < -0.4 is 0 Å². The Morgan fingerprint density at radius 2 is 1.76 bits per heavy atom. The molecule has 4 heterocycles. The Bertz CT molecular complexity index is 1300. The average Bonchev–Trinajstić information content (AvgIpc) is 3.39. The highest BCUT2D eigenvalue weighted by molar-refractivity contribution is 5.89. The number of fused-ring (bicyclic) bond motifs is 1. The second-order valence-electron chi connectivity index (χ2n) is 6.79. The number of imidazole rings is 1. The molecule has 0 atom stereocenters. The van der Waals surface area contributed by atoms with E-state index in [4.69, 9.17) is 9.97 Å². The van der Waals surface area contributed by atoms with E-state index in [0.29, 0.717) is 5.82 Å². The summed E-state index contributed by atoms with van der Waals surface area (Å²) in [5, 5.41) is 4.50. The van der Waals surface area contributed by atoms with Gasteiger partial charge in [0.15, 0.2) is 11.5 Å². The van der Waals surface area contributed by atoms with Crippen molar-refractivity contribution in [2.24, 2.45) is 7.05 Å². The zero-order valence-corrected chi connectivity index (χ0v) is 16.2. The number of rotatable bonds is 4. The minimum Gasteiger partial charge on any atom is -0.315 e. The predicted molar refractivity (Wildman–Crippen MR) is 112 cm³/mol. The molecule has 0 fully saturated rings. The normalized spacial score (nSPS) is 11.2. The first-order valence-corrected chi connectivity index (χ1v) is 9.46. The van der Waals surface area contributed by atoms with Gasteiger partial charge in [0.05, 0.1) is 12.0 Å². The molecule has 7 nitrogen and oxygen atoms in total. The molecule has 1 aromatic carbocycles. The smallest absolute Gasteiger partial charge is 0.164 e. The summed E-state index contributed by atoms with van der Waals surface area (Å²) >= 11 is 0. The van der Waals surface area contributed by atoms with Crippen molar-refractivity contribution < 1.29 is 0 Å². The zero-order chi connectivity index (χ0) is 19.8. The van der Waals surface area contributed by atoms with E-state index in [1.165, 1.54) is 0 Å². The van der Waals surface area contributed by atoms with Crippen LogP contribution in [0.25, 0.3) is 45.1 Å². The van der Waals surface area contributed by atoms with Crippen LogP contribution in [-0.2, 0) is 13.6 Å². The van der Waals surface area contributed by atoms with E-state index in [-0.39, 0.29) is 0 Å². The predicted octanol–water partition coefficient (Wildman–Crippen LogP) is 3.98. The van der Waals surface area contributed by atoms with Gasteiger partial charge in [-0.2, -0.15) is 5.10 Å². The van der Waals surface area contributed by atoms with E-state index in [9.17, 15) is 0 Å². The van der Waals surface area contributed by atoms with Crippen molar-refractivity contribution in [1.82, 2.24) is 34.3 Å². The first kappa shape index (κ1) is 17.2. The number of nitrogens with zero attached hydrogens (tertiary/aromatic N) is 7. The number of benzene rings is 1. The molecular weight excluding hydrogens is 362 g/mol. The van der Waals surface area contributed by atoms with Crippen LogP contribution in [0.15, 0.2) is 67.4 Å². The van der Waals surface area contributed by atoms with Crippen molar-refractivity contribution in [3.63, 3.8) is 0 Å². The van der Waals surface area contributed by atoms with Crippen molar-refractivity contribution in [1.29, 1.82) is 0 Å². The molecule has 29 heavy (non-hydrogen) atoms. The van der Waals surface area contributed by atoms with Gasteiger partial charge in [0.1, 0.15) is 11.2 Å². The molecule has 142 valence electrons. The van der Waals surface area contributed by atoms with Crippen LogP contribution in [0.4, 0.5) is 0 Å². The third kappa shape index (κ3) is 3.06. The summed E-state index contributed by atoms with van der Waals surface area (Å²) < 4.78 is 3.83. The van der Waals surface area contributed by atoms with Crippen LogP contribution in [0.1, 0.15) is 6.92 Å². The summed E-state index contributed by atoms with van der Waals surface area (Å²) in [6.07, 6.45) is 7.28. The molecule has 0 aliphatic carbocycles. The standard InChI is InChI=1S/C22H19N7/c1-3-29-14-24-20-19(15-7-10-23-11-8-15)25-21(26-22(20)29)17-6-4-5-16(13-17)18-9-12-28(2)27-18/h4-14H,3H2,1-2H3. The van der Waals surface area contributed by atoms with Crippen molar-refractivity contribution in [2.45, 2.75) is 13.5 Å². The second kappa shape index (κ2) is 6.94. The third-order valence-corrected chi connectivity index (χ3v) is 4.89. The molecule has 0 amide bonds. The summed E-state index contributed by atoms with van der Waals surface area (Å²) in [5.74, 6) is 0.664. The maximum absolute atomic E-state index is 4.89. The third-order valence-electron chi connectivity index (χ3n) is 4.89. The fraction of sp³-hybridized carbons (Fsp3) is 0.136. The second-order valence-corrected chi connectivity index (χ2v) is 6.79. The first-order chi connectivity index (χ1) is 14.2. The lowest BCUT2D eigenvalue weighted by Gasteiger charge is -2.08. The molecule has 5 aromatic rings. The van der Waals surface area contributed by atoms with Gasteiger partial charge < -0.3 is 4.57 Å². The number of aryl methyl sites for hydroxylation is 2. The lowest BCUT2D eigenvalue weighted by Crippen LogP contribution is -1.99. The summed E-state index contributed by atoms with van der Waals surface area (Å²) in [6.45, 7) is 2.87. The highest BCUT2D eigenvalue weighted by atomic mass is 15.2. The zero-order valence-electron chi connectivity index (χ0n) is 16.2. The monoisotopic (exact) mass is 381 g/mol. The molecule has 0 radical (unpaired) electrons. The Balaban J connectivity index is 1.71.